The topological polar surface area (TPSA) is 116 Å². The van der Waals surface area contributed by atoms with Gasteiger partial charge >= 0.3 is 0 Å². The fourth-order valence-corrected chi connectivity index (χ4v) is 8.67. The molecule has 3 fully saturated rings. The van der Waals surface area contributed by atoms with Gasteiger partial charge < -0.3 is 19.9 Å². The molecule has 8 rings (SSSR count). The van der Waals surface area contributed by atoms with Crippen LogP contribution in [0.2, 0.25) is 5.02 Å². The minimum absolute atomic E-state index is 0.0348. The first-order valence-corrected chi connectivity index (χ1v) is 18.4. The highest BCUT2D eigenvalue weighted by atomic mass is 35.5. The molecule has 0 aromatic heterocycles. The second-order valence-corrected chi connectivity index (χ2v) is 15.7. The number of fused-ring (bicyclic) bond motifs is 2. The van der Waals surface area contributed by atoms with Gasteiger partial charge in [-0.25, -0.2) is 4.85 Å². The Bertz CT molecular complexity index is 2020. The van der Waals surface area contributed by atoms with Gasteiger partial charge in [-0.2, -0.15) is 0 Å². The molecule has 3 aromatic carbocycles. The zero-order valence-electron chi connectivity index (χ0n) is 29.3. The lowest BCUT2D eigenvalue weighted by atomic mass is 9.64. The number of rotatable bonds is 7. The van der Waals surface area contributed by atoms with Crippen molar-refractivity contribution in [2.24, 2.45) is 5.41 Å². The highest BCUT2D eigenvalue weighted by Crippen LogP contribution is 2.44. The number of hydrogen-bond acceptors (Lipinski definition) is 7. The molecule has 4 heterocycles. The lowest BCUT2D eigenvalue weighted by Crippen LogP contribution is -2.63. The van der Waals surface area contributed by atoms with Crippen LogP contribution in [0, 0.1) is 12.0 Å². The van der Waals surface area contributed by atoms with Crippen LogP contribution in [0.25, 0.3) is 4.85 Å². The number of halogens is 1. The fourth-order valence-electron chi connectivity index (χ4n) is 8.46. The van der Waals surface area contributed by atoms with E-state index >= 15 is 0 Å². The Morgan fingerprint density at radius 3 is 2.37 bits per heavy atom. The van der Waals surface area contributed by atoms with Crippen LogP contribution in [0.5, 0.6) is 5.75 Å². The van der Waals surface area contributed by atoms with E-state index < -0.39 is 6.04 Å². The van der Waals surface area contributed by atoms with Gasteiger partial charge in [0.15, 0.2) is 0 Å². The van der Waals surface area contributed by atoms with E-state index in [2.05, 4.69) is 45.2 Å². The highest BCUT2D eigenvalue weighted by molar-refractivity contribution is 6.33. The molecule has 52 heavy (non-hydrogen) atoms. The molecule has 2 N–H and O–H groups in total. The van der Waals surface area contributed by atoms with Crippen LogP contribution >= 0.6 is 11.6 Å². The summed E-state index contributed by atoms with van der Waals surface area (Å²) < 4.78 is 6.17. The molecule has 3 atom stereocenters. The molecule has 12 heteroatoms. The summed E-state index contributed by atoms with van der Waals surface area (Å²) in [6.45, 7) is 15.2. The zero-order chi connectivity index (χ0) is 36.3. The molecule has 2 saturated heterocycles. The van der Waals surface area contributed by atoms with E-state index in [9.17, 15) is 19.2 Å². The van der Waals surface area contributed by atoms with E-state index in [1.54, 1.807) is 23.1 Å². The van der Waals surface area contributed by atoms with E-state index in [0.717, 1.165) is 50.3 Å². The third-order valence-electron chi connectivity index (χ3n) is 11.9. The Morgan fingerprint density at radius 1 is 0.962 bits per heavy atom. The molecule has 0 spiro atoms. The number of benzene rings is 3. The van der Waals surface area contributed by atoms with Crippen molar-refractivity contribution in [3.63, 3.8) is 0 Å². The first-order chi connectivity index (χ1) is 25.0. The van der Waals surface area contributed by atoms with Crippen molar-refractivity contribution >= 4 is 46.6 Å². The number of hydrogen-bond donors (Lipinski definition) is 2. The number of anilines is 1. The first-order valence-electron chi connectivity index (χ1n) is 18.0. The minimum Gasteiger partial charge on any atom is -0.490 e. The summed E-state index contributed by atoms with van der Waals surface area (Å²) in [6.07, 6.45) is 3.26. The zero-order valence-corrected chi connectivity index (χ0v) is 30.0. The van der Waals surface area contributed by atoms with E-state index in [0.29, 0.717) is 53.0 Å². The largest absolute Gasteiger partial charge is 0.490 e. The van der Waals surface area contributed by atoms with Crippen molar-refractivity contribution in [2.75, 3.05) is 18.0 Å². The van der Waals surface area contributed by atoms with Gasteiger partial charge in [0.2, 0.25) is 17.5 Å². The van der Waals surface area contributed by atoms with Crippen LogP contribution in [0.1, 0.15) is 83.4 Å². The van der Waals surface area contributed by atoms with Crippen molar-refractivity contribution in [3.8, 4) is 5.75 Å². The number of carbonyl (C=O) groups excluding carboxylic acids is 4. The normalized spacial score (nSPS) is 24.1. The standard InChI is InChI=1S/C40H41ClN6O5/c1-40(2)34(19-35(40)52-29-8-9-32(42-3)31(41)18-29)43-37(49)23-4-6-27(7-5-23)45-14-12-28(13-15-45)46-20-24-16-26-22-47(33-10-11-36(48)44-38(33)50)39(51)30(26)17-25(24)21-46/h4-9,16-18,28,33-35H,10-15,19-22H2,1-2H3,(H,43,49)(H,44,48,50)/t33?,34-,35-/m0/s1. The molecular formula is C40H41ClN6O5. The van der Waals surface area contributed by atoms with E-state index in [1.807, 2.05) is 30.3 Å². The van der Waals surface area contributed by atoms with Crippen LogP contribution in [0.3, 0.4) is 0 Å². The quantitative estimate of drug-likeness (QED) is 0.241. The van der Waals surface area contributed by atoms with E-state index in [-0.39, 0.29) is 47.6 Å². The first kappa shape index (κ1) is 34.2. The Balaban J connectivity index is 0.815. The lowest BCUT2D eigenvalue weighted by Gasteiger charge is -2.51. The molecule has 4 aliphatic heterocycles. The van der Waals surface area contributed by atoms with Gasteiger partial charge in [-0.1, -0.05) is 37.6 Å². The maximum Gasteiger partial charge on any atom is 0.255 e. The number of piperidine rings is 2. The summed E-state index contributed by atoms with van der Waals surface area (Å²) in [4.78, 5) is 60.5. The van der Waals surface area contributed by atoms with Crippen molar-refractivity contribution in [3.05, 3.63) is 98.9 Å². The van der Waals surface area contributed by atoms with E-state index in [1.165, 1.54) is 11.1 Å². The molecule has 5 aliphatic rings. The molecule has 11 nitrogen and oxygen atoms in total. The number of nitrogens with one attached hydrogen (secondary N) is 2. The van der Waals surface area contributed by atoms with Crippen molar-refractivity contribution in [2.45, 2.75) is 89.8 Å². The molecule has 0 bridgehead atoms. The van der Waals surface area contributed by atoms with Crippen LogP contribution < -0.4 is 20.3 Å². The van der Waals surface area contributed by atoms with Crippen LogP contribution in [0.4, 0.5) is 11.4 Å². The number of ether oxygens (including phenoxy) is 1. The summed E-state index contributed by atoms with van der Waals surface area (Å²) in [6, 6.07) is 16.9. The average Bonchev–Trinajstić information content (AvgIpc) is 3.70. The van der Waals surface area contributed by atoms with Gasteiger partial charge in [0.25, 0.3) is 11.8 Å². The monoisotopic (exact) mass is 720 g/mol. The lowest BCUT2D eigenvalue weighted by molar-refractivity contribution is -0.136. The molecule has 0 radical (unpaired) electrons. The Labute approximate surface area is 308 Å². The average molecular weight is 721 g/mol. The van der Waals surface area contributed by atoms with Crippen LogP contribution in [0.15, 0.2) is 54.6 Å². The van der Waals surface area contributed by atoms with Gasteiger partial charge in [0.1, 0.15) is 17.9 Å². The van der Waals surface area contributed by atoms with E-state index in [4.69, 9.17) is 22.9 Å². The second-order valence-electron chi connectivity index (χ2n) is 15.3. The Morgan fingerprint density at radius 2 is 1.69 bits per heavy atom. The van der Waals surface area contributed by atoms with Gasteiger partial charge in [-0.3, -0.25) is 29.4 Å². The summed E-state index contributed by atoms with van der Waals surface area (Å²) >= 11 is 6.19. The molecule has 1 aliphatic carbocycles. The third kappa shape index (κ3) is 6.18. The fraction of sp³-hybridized carbons (Fsp3) is 0.425. The summed E-state index contributed by atoms with van der Waals surface area (Å²) in [5.74, 6) is -0.269. The smallest absolute Gasteiger partial charge is 0.255 e. The number of carbonyl (C=O) groups is 4. The molecule has 4 amide bonds. The highest BCUT2D eigenvalue weighted by Gasteiger charge is 2.51. The van der Waals surface area contributed by atoms with Gasteiger partial charge in [-0.05, 0) is 78.4 Å². The van der Waals surface area contributed by atoms with Crippen LogP contribution in [-0.2, 0) is 29.2 Å². The SMILES string of the molecule is [C-]#[N+]c1ccc(O[C@H]2C[C@H](NC(=O)c3ccc(N4CCC(N5Cc6cc7c(cc6C5)C(=O)N(C5CCC(=O)NC5=O)C7)CC4)cc3)C2(C)C)cc1Cl. The minimum atomic E-state index is -0.597. The van der Waals surface area contributed by atoms with Gasteiger partial charge in [-0.15, -0.1) is 0 Å². The Hall–Kier alpha value is -4.92. The summed E-state index contributed by atoms with van der Waals surface area (Å²) in [7, 11) is 0. The number of imide groups is 1. The molecular weight excluding hydrogens is 680 g/mol. The number of amides is 4. The van der Waals surface area contributed by atoms with Crippen molar-refractivity contribution in [1.82, 2.24) is 20.4 Å². The van der Waals surface area contributed by atoms with Gasteiger partial charge in [0, 0.05) is 79.9 Å². The maximum atomic E-state index is 13.3. The summed E-state index contributed by atoms with van der Waals surface area (Å²) in [5.41, 5.74) is 5.91. The Kier molecular flexibility index (Phi) is 8.71. The molecule has 1 unspecified atom stereocenters. The molecule has 268 valence electrons. The number of nitrogens with zero attached hydrogens (tertiary/aromatic N) is 4. The van der Waals surface area contributed by atoms with Gasteiger partial charge in [0.05, 0.1) is 11.6 Å². The predicted molar refractivity (Wildman–Crippen MR) is 195 cm³/mol. The molecule has 3 aromatic rings. The van der Waals surface area contributed by atoms with Crippen molar-refractivity contribution < 1.29 is 23.9 Å². The summed E-state index contributed by atoms with van der Waals surface area (Å²) in [5, 5.41) is 5.94. The molecule has 1 saturated carbocycles. The van der Waals surface area contributed by atoms with Crippen molar-refractivity contribution in [1.29, 1.82) is 0 Å². The predicted octanol–water partition coefficient (Wildman–Crippen LogP) is 5.61. The second kappa shape index (κ2) is 13.2. The maximum absolute atomic E-state index is 13.3. The van der Waals surface area contributed by atoms with Crippen LogP contribution in [-0.4, -0.2) is 70.7 Å². The third-order valence-corrected chi connectivity index (χ3v) is 12.2.